The molecule has 2 rings (SSSR count). The van der Waals surface area contributed by atoms with E-state index in [1.165, 1.54) is 25.7 Å². The highest BCUT2D eigenvalue weighted by atomic mass is 16.5. The van der Waals surface area contributed by atoms with Crippen molar-refractivity contribution in [2.24, 2.45) is 11.8 Å². The van der Waals surface area contributed by atoms with Gasteiger partial charge in [0.05, 0.1) is 6.61 Å². The highest BCUT2D eigenvalue weighted by molar-refractivity contribution is 5.36. The van der Waals surface area contributed by atoms with Crippen molar-refractivity contribution < 1.29 is 9.47 Å². The number of ether oxygens (including phenoxy) is 2. The van der Waals surface area contributed by atoms with Gasteiger partial charge >= 0.3 is 0 Å². The van der Waals surface area contributed by atoms with Gasteiger partial charge in [-0.25, -0.2) is 0 Å². The zero-order chi connectivity index (χ0) is 14.2. The van der Waals surface area contributed by atoms with Crippen LogP contribution in [0, 0.1) is 5.92 Å². The predicted octanol–water partition coefficient (Wildman–Crippen LogP) is 2.80. The van der Waals surface area contributed by atoms with Crippen molar-refractivity contribution in [1.29, 1.82) is 0 Å². The molecule has 112 valence electrons. The minimum absolute atomic E-state index is 0.164. The summed E-state index contributed by atoms with van der Waals surface area (Å²) in [6.07, 6.45) is 6.44. The summed E-state index contributed by atoms with van der Waals surface area (Å²) in [6, 6.07) is 8.30. The fraction of sp³-hybridized carbons (Fsp3) is 0.625. The molecule has 1 unspecified atom stereocenters. The zero-order valence-corrected chi connectivity index (χ0v) is 12.3. The molecule has 1 aliphatic rings. The second-order valence-electron chi connectivity index (χ2n) is 5.48. The lowest BCUT2D eigenvalue weighted by atomic mass is 9.93. The third-order valence-corrected chi connectivity index (χ3v) is 4.08. The maximum Gasteiger partial charge on any atom is 0.124 e. The molecular weight excluding hydrogens is 252 g/mol. The number of nitrogens with one attached hydrogen (secondary N) is 1. The van der Waals surface area contributed by atoms with E-state index in [4.69, 9.17) is 15.3 Å². The fourth-order valence-electron chi connectivity index (χ4n) is 3.00. The topological polar surface area (TPSA) is 56.5 Å². The largest absolute Gasteiger partial charge is 0.491 e. The van der Waals surface area contributed by atoms with E-state index in [2.05, 4.69) is 11.5 Å². The average molecular weight is 278 g/mol. The molecule has 1 aromatic rings. The fourth-order valence-corrected chi connectivity index (χ4v) is 3.00. The van der Waals surface area contributed by atoms with E-state index < -0.39 is 0 Å². The Bertz CT molecular complexity index is 392. The molecular formula is C16H26N2O2. The smallest absolute Gasteiger partial charge is 0.124 e. The van der Waals surface area contributed by atoms with Crippen LogP contribution in [0.15, 0.2) is 24.3 Å². The van der Waals surface area contributed by atoms with Crippen LogP contribution in [0.3, 0.4) is 0 Å². The number of methoxy groups -OCH3 is 1. The number of para-hydroxylation sites is 1. The van der Waals surface area contributed by atoms with E-state index in [0.29, 0.717) is 13.2 Å². The van der Waals surface area contributed by atoms with Crippen LogP contribution < -0.4 is 16.0 Å². The van der Waals surface area contributed by atoms with Crippen LogP contribution in [0.1, 0.15) is 43.7 Å². The molecule has 0 heterocycles. The van der Waals surface area contributed by atoms with Crippen LogP contribution >= 0.6 is 0 Å². The van der Waals surface area contributed by atoms with Crippen LogP contribution in [0.2, 0.25) is 0 Å². The maximum atomic E-state index is 5.80. The molecule has 1 atom stereocenters. The summed E-state index contributed by atoms with van der Waals surface area (Å²) in [5.74, 6) is 7.46. The highest BCUT2D eigenvalue weighted by Gasteiger charge is 2.22. The van der Waals surface area contributed by atoms with Crippen molar-refractivity contribution in [2.45, 2.75) is 38.1 Å². The van der Waals surface area contributed by atoms with Crippen LogP contribution in [0.25, 0.3) is 0 Å². The average Bonchev–Trinajstić information content (AvgIpc) is 2.99. The van der Waals surface area contributed by atoms with E-state index in [9.17, 15) is 0 Å². The first-order chi connectivity index (χ1) is 9.85. The van der Waals surface area contributed by atoms with E-state index >= 15 is 0 Å². The Morgan fingerprint density at radius 1 is 1.25 bits per heavy atom. The molecule has 0 spiro atoms. The first-order valence-corrected chi connectivity index (χ1v) is 7.52. The van der Waals surface area contributed by atoms with Crippen molar-refractivity contribution in [3.8, 4) is 5.75 Å². The molecule has 0 aromatic heterocycles. The molecule has 20 heavy (non-hydrogen) atoms. The lowest BCUT2D eigenvalue weighted by Gasteiger charge is -2.22. The highest BCUT2D eigenvalue weighted by Crippen LogP contribution is 2.35. The van der Waals surface area contributed by atoms with Gasteiger partial charge in [-0.2, -0.15) is 0 Å². The normalized spacial score (nSPS) is 17.3. The van der Waals surface area contributed by atoms with Gasteiger partial charge in [-0.15, -0.1) is 0 Å². The van der Waals surface area contributed by atoms with E-state index in [1.54, 1.807) is 7.11 Å². The van der Waals surface area contributed by atoms with Gasteiger partial charge in [0.2, 0.25) is 0 Å². The molecule has 0 radical (unpaired) electrons. The second kappa shape index (κ2) is 8.25. The van der Waals surface area contributed by atoms with Crippen LogP contribution in [0.5, 0.6) is 5.75 Å². The SMILES string of the molecule is COCCOc1ccccc1C(CC1CCCC1)NN. The Hall–Kier alpha value is -1.10. The summed E-state index contributed by atoms with van der Waals surface area (Å²) >= 11 is 0. The van der Waals surface area contributed by atoms with Crippen molar-refractivity contribution in [3.63, 3.8) is 0 Å². The van der Waals surface area contributed by atoms with Gasteiger partial charge in [0.15, 0.2) is 0 Å². The first kappa shape index (κ1) is 15.3. The molecule has 0 saturated heterocycles. The number of hydrazine groups is 1. The van der Waals surface area contributed by atoms with Gasteiger partial charge in [-0.3, -0.25) is 11.3 Å². The van der Waals surface area contributed by atoms with E-state index in [1.807, 2.05) is 18.2 Å². The Morgan fingerprint density at radius 3 is 2.70 bits per heavy atom. The second-order valence-corrected chi connectivity index (χ2v) is 5.48. The maximum absolute atomic E-state index is 5.80. The lowest BCUT2D eigenvalue weighted by Crippen LogP contribution is -2.30. The van der Waals surface area contributed by atoms with Gasteiger partial charge in [-0.05, 0) is 18.4 Å². The summed E-state index contributed by atoms with van der Waals surface area (Å²) in [5.41, 5.74) is 4.12. The molecule has 1 fully saturated rings. The molecule has 3 N–H and O–H groups in total. The molecule has 1 aromatic carbocycles. The van der Waals surface area contributed by atoms with Crippen molar-refractivity contribution in [2.75, 3.05) is 20.3 Å². The summed E-state index contributed by atoms with van der Waals surface area (Å²) < 4.78 is 10.8. The predicted molar refractivity (Wildman–Crippen MR) is 80.5 cm³/mol. The van der Waals surface area contributed by atoms with Crippen molar-refractivity contribution in [3.05, 3.63) is 29.8 Å². The quantitative estimate of drug-likeness (QED) is 0.436. The molecule has 1 aliphatic carbocycles. The summed E-state index contributed by atoms with van der Waals surface area (Å²) in [7, 11) is 1.68. The minimum Gasteiger partial charge on any atom is -0.491 e. The number of nitrogens with two attached hydrogens (primary N) is 1. The summed E-state index contributed by atoms with van der Waals surface area (Å²) in [4.78, 5) is 0. The molecule has 0 bridgehead atoms. The molecule has 4 heteroatoms. The van der Waals surface area contributed by atoms with Gasteiger partial charge in [0.1, 0.15) is 12.4 Å². The Morgan fingerprint density at radius 2 is 2.00 bits per heavy atom. The van der Waals surface area contributed by atoms with Gasteiger partial charge < -0.3 is 9.47 Å². The summed E-state index contributed by atoms with van der Waals surface area (Å²) in [6.45, 7) is 1.16. The number of hydrogen-bond donors (Lipinski definition) is 2. The lowest BCUT2D eigenvalue weighted by molar-refractivity contribution is 0.145. The van der Waals surface area contributed by atoms with Crippen LogP contribution in [0.4, 0.5) is 0 Å². The Balaban J connectivity index is 2.03. The Kier molecular flexibility index (Phi) is 6.30. The first-order valence-electron chi connectivity index (χ1n) is 7.52. The third kappa shape index (κ3) is 4.20. The van der Waals surface area contributed by atoms with Crippen LogP contribution in [-0.4, -0.2) is 20.3 Å². The van der Waals surface area contributed by atoms with Crippen molar-refractivity contribution >= 4 is 0 Å². The molecule has 0 amide bonds. The van der Waals surface area contributed by atoms with Gasteiger partial charge in [-0.1, -0.05) is 43.9 Å². The minimum atomic E-state index is 0.164. The van der Waals surface area contributed by atoms with E-state index in [0.717, 1.165) is 23.7 Å². The molecule has 0 aliphatic heterocycles. The Labute approximate surface area is 121 Å². The van der Waals surface area contributed by atoms with Crippen LogP contribution in [-0.2, 0) is 4.74 Å². The van der Waals surface area contributed by atoms with Gasteiger partial charge in [0.25, 0.3) is 0 Å². The standard InChI is InChI=1S/C16H26N2O2/c1-19-10-11-20-16-9-5-4-8-14(16)15(18-17)12-13-6-2-3-7-13/h4-5,8-9,13,15,18H,2-3,6-7,10-12,17H2,1H3. The van der Waals surface area contributed by atoms with E-state index in [-0.39, 0.29) is 6.04 Å². The zero-order valence-electron chi connectivity index (χ0n) is 12.3. The number of benzene rings is 1. The monoisotopic (exact) mass is 278 g/mol. The third-order valence-electron chi connectivity index (χ3n) is 4.08. The molecule has 1 saturated carbocycles. The molecule has 4 nitrogen and oxygen atoms in total. The number of hydrogen-bond acceptors (Lipinski definition) is 4. The van der Waals surface area contributed by atoms with Crippen molar-refractivity contribution in [1.82, 2.24) is 5.43 Å². The number of rotatable bonds is 8. The van der Waals surface area contributed by atoms with Gasteiger partial charge in [0, 0.05) is 18.7 Å². The summed E-state index contributed by atoms with van der Waals surface area (Å²) in [5, 5.41) is 0.